The fourth-order valence-electron chi connectivity index (χ4n) is 4.33. The lowest BCUT2D eigenvalue weighted by Crippen LogP contribution is -2.49. The molecule has 174 valence electrons. The molecule has 7 nitrogen and oxygen atoms in total. The third-order valence-corrected chi connectivity index (χ3v) is 6.12. The molecule has 0 N–H and O–H groups in total. The van der Waals surface area contributed by atoms with E-state index in [1.165, 1.54) is 16.8 Å². The van der Waals surface area contributed by atoms with Crippen LogP contribution in [0.3, 0.4) is 0 Å². The molecule has 5 rings (SSSR count). The maximum atomic E-state index is 13.6. The zero-order valence-electron chi connectivity index (χ0n) is 18.5. The minimum atomic E-state index is -2.66. The van der Waals surface area contributed by atoms with Crippen LogP contribution in [0.5, 0.6) is 5.88 Å². The highest BCUT2D eigenvalue weighted by molar-refractivity contribution is 5.99. The molecule has 1 aliphatic rings. The fourth-order valence-corrected chi connectivity index (χ4v) is 4.33. The van der Waals surface area contributed by atoms with Crippen LogP contribution in [-0.2, 0) is 0 Å². The largest absolute Gasteiger partial charge is 0.470 e. The smallest absolute Gasteiger partial charge is 0.280 e. The van der Waals surface area contributed by atoms with E-state index in [9.17, 15) is 13.6 Å². The van der Waals surface area contributed by atoms with Crippen molar-refractivity contribution < 1.29 is 18.3 Å². The molecular weight excluding hydrogens is 440 g/mol. The van der Waals surface area contributed by atoms with E-state index in [4.69, 9.17) is 4.74 Å². The Kier molecular flexibility index (Phi) is 5.91. The van der Waals surface area contributed by atoms with Gasteiger partial charge in [0.1, 0.15) is 17.5 Å². The molecule has 4 aromatic rings. The van der Waals surface area contributed by atoms with Gasteiger partial charge in [0.25, 0.3) is 18.2 Å². The number of likely N-dealkylation sites (tertiary alicyclic amines) is 1. The van der Waals surface area contributed by atoms with Gasteiger partial charge < -0.3 is 9.64 Å². The number of aromatic nitrogens is 4. The maximum absolute atomic E-state index is 13.6. The van der Waals surface area contributed by atoms with Crippen LogP contribution in [0.4, 0.5) is 8.78 Å². The van der Waals surface area contributed by atoms with Crippen LogP contribution < -0.4 is 4.74 Å². The number of carbonyl (C=O) groups is 1. The number of nitrogens with zero attached hydrogens (tertiary/aromatic N) is 5. The van der Waals surface area contributed by atoms with Crippen LogP contribution in [0.15, 0.2) is 67.3 Å². The van der Waals surface area contributed by atoms with E-state index >= 15 is 0 Å². The number of alkyl halides is 2. The van der Waals surface area contributed by atoms with Gasteiger partial charge in [-0.3, -0.25) is 14.2 Å². The minimum Gasteiger partial charge on any atom is -0.470 e. The molecule has 9 heteroatoms. The molecule has 1 aliphatic heterocycles. The van der Waals surface area contributed by atoms with Crippen molar-refractivity contribution in [1.82, 2.24) is 24.3 Å². The predicted octanol–water partition coefficient (Wildman–Crippen LogP) is 4.80. The van der Waals surface area contributed by atoms with Gasteiger partial charge in [-0.05, 0) is 31.4 Å². The highest BCUT2D eigenvalue weighted by atomic mass is 19.3. The lowest BCUT2D eigenvalue weighted by Gasteiger charge is -2.37. The van der Waals surface area contributed by atoms with Gasteiger partial charge in [-0.25, -0.2) is 18.7 Å². The van der Waals surface area contributed by atoms with Gasteiger partial charge >= 0.3 is 0 Å². The molecule has 2 atom stereocenters. The second-order valence-electron chi connectivity index (χ2n) is 8.30. The number of carbonyl (C=O) groups excluding carboxylic acids is 1. The van der Waals surface area contributed by atoms with Gasteiger partial charge in [0, 0.05) is 30.2 Å². The first-order chi connectivity index (χ1) is 16.5. The Balaban J connectivity index is 1.40. The standard InChI is InChI=1S/C25H23F2N5O2/c1-16-9-10-18(34-24-23-30-14-20(22(26)27)31(23)13-12-29-24)15-32(16)25(33)21-19(8-5-11-28-21)17-6-3-2-4-7-17/h2-8,11-14,16,18,22H,9-10,15H2,1H3/t16-,18-/m1/s1. The lowest BCUT2D eigenvalue weighted by molar-refractivity contribution is 0.0371. The summed E-state index contributed by atoms with van der Waals surface area (Å²) in [7, 11) is 0. The van der Waals surface area contributed by atoms with E-state index in [0.29, 0.717) is 18.7 Å². The number of amides is 1. The fraction of sp³-hybridized carbons (Fsp3) is 0.280. The SMILES string of the molecule is C[C@@H]1CC[C@@H](Oc2nccn3c(C(F)F)cnc23)CN1C(=O)c1ncccc1-c1ccccc1. The molecule has 0 aliphatic carbocycles. The molecule has 0 saturated carbocycles. The van der Waals surface area contributed by atoms with Gasteiger partial charge in [0.15, 0.2) is 0 Å². The van der Waals surface area contributed by atoms with Crippen molar-refractivity contribution >= 4 is 11.6 Å². The Morgan fingerprint density at radius 1 is 1.06 bits per heavy atom. The number of ether oxygens (including phenoxy) is 1. The maximum Gasteiger partial charge on any atom is 0.280 e. The first-order valence-electron chi connectivity index (χ1n) is 11.1. The van der Waals surface area contributed by atoms with Gasteiger partial charge in [-0.15, -0.1) is 0 Å². The van der Waals surface area contributed by atoms with Crippen molar-refractivity contribution in [3.8, 4) is 17.0 Å². The van der Waals surface area contributed by atoms with Crippen LogP contribution in [0.25, 0.3) is 16.8 Å². The normalized spacial score (nSPS) is 18.4. The molecule has 0 bridgehead atoms. The summed E-state index contributed by atoms with van der Waals surface area (Å²) >= 11 is 0. The molecular formula is C25H23F2N5O2. The number of hydrogen-bond donors (Lipinski definition) is 0. The Morgan fingerprint density at radius 3 is 2.68 bits per heavy atom. The van der Waals surface area contributed by atoms with Crippen LogP contribution in [0.1, 0.15) is 42.4 Å². The second kappa shape index (κ2) is 9.17. The summed E-state index contributed by atoms with van der Waals surface area (Å²) in [6.45, 7) is 2.33. The molecule has 1 aromatic carbocycles. The second-order valence-corrected chi connectivity index (χ2v) is 8.30. The summed E-state index contributed by atoms with van der Waals surface area (Å²) < 4.78 is 33.9. The Bertz CT molecular complexity index is 1310. The Hall–Kier alpha value is -3.88. The molecule has 1 saturated heterocycles. The Morgan fingerprint density at radius 2 is 1.88 bits per heavy atom. The van der Waals surface area contributed by atoms with E-state index in [-0.39, 0.29) is 35.3 Å². The first-order valence-corrected chi connectivity index (χ1v) is 11.1. The zero-order chi connectivity index (χ0) is 23.7. The van der Waals surface area contributed by atoms with E-state index < -0.39 is 6.43 Å². The third-order valence-electron chi connectivity index (χ3n) is 6.12. The number of pyridine rings is 1. The molecule has 1 fully saturated rings. The molecule has 4 heterocycles. The molecule has 3 aromatic heterocycles. The van der Waals surface area contributed by atoms with Crippen molar-refractivity contribution in [1.29, 1.82) is 0 Å². The quantitative estimate of drug-likeness (QED) is 0.425. The van der Waals surface area contributed by atoms with Crippen molar-refractivity contribution in [2.24, 2.45) is 0 Å². The molecule has 1 amide bonds. The van der Waals surface area contributed by atoms with Gasteiger partial charge in [0.05, 0.1) is 12.7 Å². The van der Waals surface area contributed by atoms with Crippen molar-refractivity contribution in [3.05, 3.63) is 78.6 Å². The van der Waals surface area contributed by atoms with Crippen molar-refractivity contribution in [2.75, 3.05) is 6.54 Å². The number of imidazole rings is 1. The van der Waals surface area contributed by atoms with Crippen molar-refractivity contribution in [2.45, 2.75) is 38.3 Å². The van der Waals surface area contributed by atoms with E-state index in [0.717, 1.165) is 23.7 Å². The van der Waals surface area contributed by atoms with Gasteiger partial charge in [0.2, 0.25) is 5.65 Å². The first kappa shape index (κ1) is 21.9. The average molecular weight is 463 g/mol. The number of benzene rings is 1. The number of rotatable bonds is 5. The highest BCUT2D eigenvalue weighted by Crippen LogP contribution is 2.29. The summed E-state index contributed by atoms with van der Waals surface area (Å²) in [5, 5.41) is 0. The Labute approximate surface area is 195 Å². The summed E-state index contributed by atoms with van der Waals surface area (Å²) in [6, 6.07) is 13.4. The summed E-state index contributed by atoms with van der Waals surface area (Å²) in [4.78, 5) is 28.0. The van der Waals surface area contributed by atoms with E-state index in [1.807, 2.05) is 49.4 Å². The molecule has 0 unspecified atom stereocenters. The van der Waals surface area contributed by atoms with Crippen LogP contribution in [0.2, 0.25) is 0 Å². The highest BCUT2D eigenvalue weighted by Gasteiger charge is 2.33. The predicted molar refractivity (Wildman–Crippen MR) is 122 cm³/mol. The minimum absolute atomic E-state index is 0.00130. The zero-order valence-corrected chi connectivity index (χ0v) is 18.5. The lowest BCUT2D eigenvalue weighted by atomic mass is 9.98. The number of fused-ring (bicyclic) bond motifs is 1. The summed E-state index contributed by atoms with van der Waals surface area (Å²) in [5.41, 5.74) is 2.08. The molecule has 0 radical (unpaired) electrons. The van der Waals surface area contributed by atoms with Gasteiger partial charge in [-0.2, -0.15) is 0 Å². The summed E-state index contributed by atoms with van der Waals surface area (Å²) in [5.74, 6) is -0.00335. The molecule has 0 spiro atoms. The van der Waals surface area contributed by atoms with E-state index in [2.05, 4.69) is 15.0 Å². The topological polar surface area (TPSA) is 72.6 Å². The summed E-state index contributed by atoms with van der Waals surface area (Å²) in [6.07, 6.45) is 3.99. The van der Waals surface area contributed by atoms with Crippen LogP contribution in [0, 0.1) is 0 Å². The van der Waals surface area contributed by atoms with Gasteiger partial charge in [-0.1, -0.05) is 36.4 Å². The van der Waals surface area contributed by atoms with Crippen molar-refractivity contribution in [3.63, 3.8) is 0 Å². The molecule has 34 heavy (non-hydrogen) atoms. The average Bonchev–Trinajstić information content (AvgIpc) is 3.31. The number of piperidine rings is 1. The van der Waals surface area contributed by atoms with Crippen LogP contribution in [-0.4, -0.2) is 48.9 Å². The number of hydrogen-bond acceptors (Lipinski definition) is 5. The van der Waals surface area contributed by atoms with Crippen LogP contribution >= 0.6 is 0 Å². The monoisotopic (exact) mass is 463 g/mol. The third kappa shape index (κ3) is 4.09. The van der Waals surface area contributed by atoms with E-state index in [1.54, 1.807) is 11.1 Å². The number of halogens is 2.